The number of fused-ring (bicyclic) bond motifs is 2. The number of hydrogen-bond acceptors (Lipinski definition) is 9. The topological polar surface area (TPSA) is 78.2 Å². The molecule has 1 aliphatic carbocycles. The number of hydrogen-bond donors (Lipinski definition) is 0. The minimum atomic E-state index is -0.607. The van der Waals surface area contributed by atoms with E-state index in [1.54, 1.807) is 28.0 Å². The molecule has 11 heteroatoms. The van der Waals surface area contributed by atoms with Gasteiger partial charge in [-0.15, -0.1) is 0 Å². The lowest BCUT2D eigenvalue weighted by molar-refractivity contribution is -0.777. The smallest absolute Gasteiger partial charge is 0.414 e. The number of aryl methyl sites for hydroxylation is 1. The summed E-state index contributed by atoms with van der Waals surface area (Å²) in [7, 11) is 1.81. The number of carbonyl (C=O) groups excluding carboxylic acids is 1. The van der Waals surface area contributed by atoms with Gasteiger partial charge in [0.15, 0.2) is 6.54 Å². The number of carbonyl (C=O) groups is 1. The summed E-state index contributed by atoms with van der Waals surface area (Å²) in [5, 5.41) is 16.0. The van der Waals surface area contributed by atoms with Crippen LogP contribution in [0.1, 0.15) is 64.8 Å². The van der Waals surface area contributed by atoms with Crippen LogP contribution in [0.5, 0.6) is 0 Å². The number of thioether (sulfide) groups is 1. The number of unbranched alkanes of at least 4 members (excludes halogenated alkanes) is 1. The highest BCUT2D eigenvalue weighted by Crippen LogP contribution is 2.46. The van der Waals surface area contributed by atoms with Crippen molar-refractivity contribution in [3.63, 3.8) is 0 Å². The normalized spacial score (nSPS) is 16.8. The first-order valence-electron chi connectivity index (χ1n) is 16.0. The van der Waals surface area contributed by atoms with Gasteiger partial charge in [-0.05, 0) is 81.5 Å². The Bertz CT molecular complexity index is 1690. The summed E-state index contributed by atoms with van der Waals surface area (Å²) in [4.78, 5) is 18.8. The molecule has 3 aromatic rings. The van der Waals surface area contributed by atoms with E-state index in [1.807, 2.05) is 33.9 Å². The van der Waals surface area contributed by atoms with Crippen molar-refractivity contribution in [3.05, 3.63) is 93.6 Å². The quantitative estimate of drug-likeness (QED) is 0.0580. The molecule has 47 heavy (non-hydrogen) atoms. The number of nitrogens with zero attached hydrogens (tertiary/aromatic N) is 3. The Morgan fingerprint density at radius 3 is 2.66 bits per heavy atom. The predicted octanol–water partition coefficient (Wildman–Crippen LogP) is 8.56. The monoisotopic (exact) mass is 693 g/mol. The van der Waals surface area contributed by atoms with Gasteiger partial charge in [-0.25, -0.2) is 4.79 Å². The summed E-state index contributed by atoms with van der Waals surface area (Å²) in [6.45, 7) is 9.62. The van der Waals surface area contributed by atoms with E-state index in [4.69, 9.17) is 4.74 Å². The molecule has 0 N–H and O–H groups in total. The molecule has 0 unspecified atom stereocenters. The zero-order valence-electron chi connectivity index (χ0n) is 27.7. The fourth-order valence-electron chi connectivity index (χ4n) is 5.70. The largest absolute Gasteiger partial charge is 0.691 e. The first kappa shape index (κ1) is 35.3. The van der Waals surface area contributed by atoms with Crippen LogP contribution in [0.3, 0.4) is 0 Å². The Labute approximate surface area is 290 Å². The van der Waals surface area contributed by atoms with E-state index in [0.717, 1.165) is 84.6 Å². The first-order chi connectivity index (χ1) is 22.7. The summed E-state index contributed by atoms with van der Waals surface area (Å²) in [6.07, 6.45) is 13.0. The molecule has 2 heterocycles. The summed E-state index contributed by atoms with van der Waals surface area (Å²) >= 11 is 4.54. The van der Waals surface area contributed by atoms with E-state index in [-0.39, 0.29) is 6.09 Å². The second-order valence-corrected chi connectivity index (χ2v) is 15.3. The lowest BCUT2D eigenvalue weighted by atomic mass is 10.1. The molecular formula is C36H43N3O5S3. The van der Waals surface area contributed by atoms with Crippen LogP contribution >= 0.6 is 35.1 Å². The number of ether oxygens (including phenoxy) is 1. The van der Waals surface area contributed by atoms with Crippen LogP contribution < -0.4 is 14.7 Å². The van der Waals surface area contributed by atoms with Crippen LogP contribution in [0.2, 0.25) is 0 Å². The Morgan fingerprint density at radius 2 is 1.87 bits per heavy atom. The Hall–Kier alpha value is -3.06. The molecular weight excluding hydrogens is 651 g/mol. The minimum Gasteiger partial charge on any atom is -0.691 e. The first-order valence-corrected chi connectivity index (χ1v) is 18.6. The van der Waals surface area contributed by atoms with Crippen LogP contribution in [-0.2, 0) is 20.7 Å². The molecule has 0 spiro atoms. The summed E-state index contributed by atoms with van der Waals surface area (Å²) in [6, 6.07) is 16.9. The van der Waals surface area contributed by atoms with Crippen molar-refractivity contribution >= 4 is 63.2 Å². The summed E-state index contributed by atoms with van der Waals surface area (Å²) in [5.74, 6) is 0.626. The standard InChI is InChI=1S/C36H43N3O5S3/c1-6-7-23-38-28-13-8-10-15-30(28)46-32(38)21-19-26-17-18-27(34(26)37(5)35(40)42-36(2,3)4)20-22-33-39(24-12-25-45-44-43-41)29-14-9-11-16-31(29)47-33/h8-11,13-16,19-22H,6-7,12,17-18,23-25H2,1-5H3. The van der Waals surface area contributed by atoms with Crippen molar-refractivity contribution < 1.29 is 28.7 Å². The predicted molar refractivity (Wildman–Crippen MR) is 191 cm³/mol. The number of para-hydroxylation sites is 2. The van der Waals surface area contributed by atoms with Crippen molar-refractivity contribution in [2.45, 2.75) is 76.8 Å². The van der Waals surface area contributed by atoms with Gasteiger partial charge < -0.3 is 14.9 Å². The lowest BCUT2D eigenvalue weighted by Crippen LogP contribution is -2.35. The highest BCUT2D eigenvalue weighted by atomic mass is 32.2. The van der Waals surface area contributed by atoms with Crippen molar-refractivity contribution in [2.24, 2.45) is 0 Å². The Balaban J connectivity index is 1.49. The molecule has 5 rings (SSSR count). The van der Waals surface area contributed by atoms with Gasteiger partial charge in [0.1, 0.15) is 10.3 Å². The summed E-state index contributed by atoms with van der Waals surface area (Å²) < 4.78 is 13.8. The molecule has 1 aliphatic heterocycles. The summed E-state index contributed by atoms with van der Waals surface area (Å²) in [5.41, 5.74) is 4.91. The van der Waals surface area contributed by atoms with Gasteiger partial charge in [-0.2, -0.15) is 8.90 Å². The van der Waals surface area contributed by atoms with Gasteiger partial charge >= 0.3 is 6.09 Å². The number of allylic oxidation sites excluding steroid dienone is 5. The molecule has 0 radical (unpaired) electrons. The second kappa shape index (κ2) is 16.4. The highest BCUT2D eigenvalue weighted by molar-refractivity contribution is 8.03. The van der Waals surface area contributed by atoms with E-state index in [2.05, 4.69) is 92.5 Å². The number of thiazole rings is 1. The highest BCUT2D eigenvalue weighted by Gasteiger charge is 2.30. The molecule has 2 aliphatic rings. The molecule has 0 atom stereocenters. The van der Waals surface area contributed by atoms with E-state index < -0.39 is 5.60 Å². The van der Waals surface area contributed by atoms with Crippen LogP contribution in [0.25, 0.3) is 16.3 Å². The number of anilines is 1. The van der Waals surface area contributed by atoms with Crippen molar-refractivity contribution in [3.8, 4) is 0 Å². The zero-order valence-corrected chi connectivity index (χ0v) is 30.1. The van der Waals surface area contributed by atoms with E-state index in [9.17, 15) is 10.1 Å². The second-order valence-electron chi connectivity index (χ2n) is 12.4. The number of amides is 1. The average Bonchev–Trinajstić information content (AvgIpc) is 3.73. The molecule has 0 bridgehead atoms. The third-order valence-electron chi connectivity index (χ3n) is 7.82. The van der Waals surface area contributed by atoms with E-state index in [0.29, 0.717) is 5.75 Å². The maximum Gasteiger partial charge on any atom is 0.414 e. The molecule has 0 saturated carbocycles. The number of likely N-dealkylation sites (N-methyl/N-ethyl adjacent to an activating group) is 1. The molecule has 2 aromatic carbocycles. The molecule has 0 saturated heterocycles. The van der Waals surface area contributed by atoms with Crippen LogP contribution in [0, 0.1) is 0 Å². The molecule has 250 valence electrons. The van der Waals surface area contributed by atoms with Crippen molar-refractivity contribution in [1.82, 2.24) is 4.90 Å². The Kier molecular flexibility index (Phi) is 12.3. The number of benzene rings is 2. The number of aromatic nitrogens is 1. The van der Waals surface area contributed by atoms with Gasteiger partial charge in [0, 0.05) is 54.8 Å². The van der Waals surface area contributed by atoms with Crippen molar-refractivity contribution in [1.29, 1.82) is 0 Å². The van der Waals surface area contributed by atoms with Crippen LogP contribution in [0.15, 0.2) is 93.5 Å². The molecule has 1 aromatic heterocycles. The van der Waals surface area contributed by atoms with Gasteiger partial charge in [0.25, 0.3) is 5.01 Å². The van der Waals surface area contributed by atoms with Crippen molar-refractivity contribution in [2.75, 3.05) is 24.2 Å². The fourth-order valence-corrected chi connectivity index (χ4v) is 8.24. The third kappa shape index (κ3) is 8.90. The van der Waals surface area contributed by atoms with Gasteiger partial charge in [-0.3, -0.25) is 9.94 Å². The molecule has 8 nitrogen and oxygen atoms in total. The van der Waals surface area contributed by atoms with E-state index in [1.165, 1.54) is 20.3 Å². The van der Waals surface area contributed by atoms with Gasteiger partial charge in [0.05, 0.1) is 16.4 Å². The molecule has 0 fully saturated rings. The maximum atomic E-state index is 13.4. The fraction of sp³-hybridized carbons (Fsp3) is 0.389. The van der Waals surface area contributed by atoms with Gasteiger partial charge in [0.2, 0.25) is 5.52 Å². The van der Waals surface area contributed by atoms with Crippen LogP contribution in [0.4, 0.5) is 10.5 Å². The molecule has 1 amide bonds. The maximum absolute atomic E-state index is 13.4. The third-order valence-corrected chi connectivity index (χ3v) is 10.7. The Morgan fingerprint density at radius 1 is 1.09 bits per heavy atom. The zero-order chi connectivity index (χ0) is 33.4. The number of rotatable bonds is 13. The average molecular weight is 694 g/mol. The van der Waals surface area contributed by atoms with E-state index >= 15 is 0 Å². The lowest BCUT2D eigenvalue weighted by Gasteiger charge is -2.26. The van der Waals surface area contributed by atoms with Gasteiger partial charge in [-0.1, -0.05) is 66.8 Å². The minimum absolute atomic E-state index is 0.371. The SMILES string of the molecule is CCCCN1/C(=C/C=C2CCC(/C=C/c3sc4ccccc4[n+]3CCCSOO[O-])=C2N(C)C(=O)OC(C)(C)C)Sc2ccccc21. The van der Waals surface area contributed by atoms with Crippen LogP contribution in [-0.4, -0.2) is 35.9 Å².